The van der Waals surface area contributed by atoms with Crippen LogP contribution in [0, 0.1) is 19.3 Å². The van der Waals surface area contributed by atoms with Crippen LogP contribution < -0.4 is 10.2 Å². The Morgan fingerprint density at radius 1 is 1.19 bits per heavy atom. The number of terminal acetylenes is 1. The summed E-state index contributed by atoms with van der Waals surface area (Å²) in [5.41, 5.74) is 6.91. The molecule has 2 aliphatic heterocycles. The van der Waals surface area contributed by atoms with Gasteiger partial charge in [0.1, 0.15) is 0 Å². The number of hydrogen-bond acceptors (Lipinski definition) is 4. The van der Waals surface area contributed by atoms with E-state index in [1.807, 2.05) is 26.0 Å². The number of nitrogens with zero attached hydrogens (tertiary/aromatic N) is 1. The highest BCUT2D eigenvalue weighted by Gasteiger charge is 2.31. The number of piperidine rings is 1. The van der Waals surface area contributed by atoms with E-state index in [1.54, 1.807) is 23.1 Å². The molecule has 0 aliphatic carbocycles. The lowest BCUT2D eigenvalue weighted by Crippen LogP contribution is -2.33. The van der Waals surface area contributed by atoms with E-state index in [1.165, 1.54) is 12.7 Å². The molecule has 0 bridgehead atoms. The number of benzene rings is 2. The number of carbonyl (C=O) groups excluding carboxylic acids is 2. The number of esters is 1. The third-order valence-electron chi connectivity index (χ3n) is 7.06. The lowest BCUT2D eigenvalue weighted by atomic mass is 9.83. The summed E-state index contributed by atoms with van der Waals surface area (Å²) in [5.74, 6) is 2.45. The largest absolute Gasteiger partial charge is 0.465 e. The van der Waals surface area contributed by atoms with Gasteiger partial charge >= 0.3 is 5.97 Å². The number of methoxy groups -OCH3 is 1. The van der Waals surface area contributed by atoms with Gasteiger partial charge in [-0.3, -0.25) is 9.69 Å². The van der Waals surface area contributed by atoms with Gasteiger partial charge in [-0.15, -0.1) is 6.42 Å². The highest BCUT2D eigenvalue weighted by atomic mass is 35.5. The third-order valence-corrected chi connectivity index (χ3v) is 7.37. The van der Waals surface area contributed by atoms with Crippen molar-refractivity contribution < 1.29 is 14.3 Å². The molecule has 1 fully saturated rings. The Kier molecular flexibility index (Phi) is 7.98. The number of fused-ring (bicyclic) bond motifs is 1. The summed E-state index contributed by atoms with van der Waals surface area (Å²) in [7, 11) is 1.35. The zero-order valence-electron chi connectivity index (χ0n) is 21.0. The van der Waals surface area contributed by atoms with Crippen molar-refractivity contribution in [2.75, 3.05) is 25.1 Å². The van der Waals surface area contributed by atoms with Crippen LogP contribution in [0.15, 0.2) is 47.5 Å². The topological polar surface area (TPSA) is 58.6 Å². The number of anilines is 2. The van der Waals surface area contributed by atoms with Crippen LogP contribution in [0.1, 0.15) is 64.7 Å². The van der Waals surface area contributed by atoms with Gasteiger partial charge in [0.2, 0.25) is 5.91 Å². The second-order valence-corrected chi connectivity index (χ2v) is 9.58. The number of nitrogens with one attached hydrogen (secondary N) is 1. The van der Waals surface area contributed by atoms with E-state index in [-0.39, 0.29) is 5.91 Å². The Labute approximate surface area is 218 Å². The normalized spacial score (nSPS) is 17.0. The molecule has 2 heterocycles. The van der Waals surface area contributed by atoms with Gasteiger partial charge in [0, 0.05) is 12.5 Å². The molecule has 2 aromatic carbocycles. The molecule has 1 saturated heterocycles. The molecule has 5 nitrogen and oxygen atoms in total. The minimum atomic E-state index is -0.438. The fraction of sp³-hybridized carbons (Fsp3) is 0.333. The van der Waals surface area contributed by atoms with Crippen molar-refractivity contribution in [2.24, 2.45) is 0 Å². The standard InChI is InChI=1S/C30H31ClN2O3/c1-5-7-26(31)23(6-2)25-16-22(20-12-14-32-15-13-20)18-28-24(25)10-11-29(34)33(28)27-17-21(30(35)36-4)9-8-19(27)3/h1,6-9,16-18,20,32H,10-15H2,2-4H3/b23-6-,26-7+. The first-order valence-corrected chi connectivity index (χ1v) is 12.7. The molecular formula is C30H31ClN2O3. The van der Waals surface area contributed by atoms with Crippen molar-refractivity contribution in [3.05, 3.63) is 75.3 Å². The van der Waals surface area contributed by atoms with Gasteiger partial charge in [0.15, 0.2) is 0 Å². The molecule has 4 rings (SSSR count). The van der Waals surface area contributed by atoms with E-state index in [2.05, 4.69) is 23.4 Å². The molecule has 1 N–H and O–H groups in total. The predicted octanol–water partition coefficient (Wildman–Crippen LogP) is 6.02. The minimum absolute atomic E-state index is 0.00619. The van der Waals surface area contributed by atoms with Gasteiger partial charge in [-0.2, -0.15) is 0 Å². The van der Waals surface area contributed by atoms with E-state index < -0.39 is 5.97 Å². The second-order valence-electron chi connectivity index (χ2n) is 9.17. The van der Waals surface area contributed by atoms with Crippen molar-refractivity contribution in [3.8, 4) is 12.3 Å². The number of halogens is 1. The van der Waals surface area contributed by atoms with Crippen LogP contribution in [0.25, 0.3) is 5.57 Å². The van der Waals surface area contributed by atoms with Crippen molar-refractivity contribution in [3.63, 3.8) is 0 Å². The van der Waals surface area contributed by atoms with Gasteiger partial charge in [-0.25, -0.2) is 4.79 Å². The Morgan fingerprint density at radius 2 is 1.94 bits per heavy atom. The maximum absolute atomic E-state index is 13.5. The van der Waals surface area contributed by atoms with Crippen molar-refractivity contribution in [1.82, 2.24) is 5.32 Å². The average molecular weight is 503 g/mol. The number of carbonyl (C=O) groups is 2. The molecule has 0 aromatic heterocycles. The van der Waals surface area contributed by atoms with E-state index in [0.717, 1.165) is 53.9 Å². The lowest BCUT2D eigenvalue weighted by molar-refractivity contribution is -0.118. The fourth-order valence-corrected chi connectivity index (χ4v) is 5.46. The van der Waals surface area contributed by atoms with Gasteiger partial charge in [-0.05, 0) is 98.1 Å². The molecule has 0 saturated carbocycles. The zero-order chi connectivity index (χ0) is 25.8. The molecule has 0 unspecified atom stereocenters. The number of allylic oxidation sites excluding steroid dienone is 4. The summed E-state index contributed by atoms with van der Waals surface area (Å²) in [5, 5.41) is 3.93. The summed E-state index contributed by atoms with van der Waals surface area (Å²) in [4.78, 5) is 27.5. The Hall–Kier alpha value is -3.33. The first-order chi connectivity index (χ1) is 17.4. The number of rotatable bonds is 5. The van der Waals surface area contributed by atoms with Gasteiger partial charge in [-0.1, -0.05) is 35.7 Å². The number of amides is 1. The van der Waals surface area contributed by atoms with Crippen LogP contribution in [0.4, 0.5) is 11.4 Å². The molecule has 2 aliphatic rings. The van der Waals surface area contributed by atoms with Crippen molar-refractivity contribution >= 4 is 40.4 Å². The number of ether oxygens (including phenoxy) is 1. The monoisotopic (exact) mass is 502 g/mol. The number of aryl methyl sites for hydroxylation is 1. The van der Waals surface area contributed by atoms with E-state index >= 15 is 0 Å². The molecule has 36 heavy (non-hydrogen) atoms. The van der Waals surface area contributed by atoms with Crippen LogP contribution in [-0.4, -0.2) is 32.1 Å². The lowest BCUT2D eigenvalue weighted by Gasteiger charge is -2.34. The summed E-state index contributed by atoms with van der Waals surface area (Å²) in [6.07, 6.45) is 12.0. The smallest absolute Gasteiger partial charge is 0.337 e. The molecule has 2 aromatic rings. The first kappa shape index (κ1) is 25.8. The van der Waals surface area contributed by atoms with Crippen molar-refractivity contribution in [1.29, 1.82) is 0 Å². The highest BCUT2D eigenvalue weighted by molar-refractivity contribution is 6.37. The quantitative estimate of drug-likeness (QED) is 0.308. The summed E-state index contributed by atoms with van der Waals surface area (Å²) in [6, 6.07) is 9.70. The summed E-state index contributed by atoms with van der Waals surface area (Å²) >= 11 is 6.65. The van der Waals surface area contributed by atoms with Gasteiger partial charge in [0.05, 0.1) is 29.1 Å². The van der Waals surface area contributed by atoms with Crippen LogP contribution in [-0.2, 0) is 16.0 Å². The van der Waals surface area contributed by atoms with Crippen molar-refractivity contribution in [2.45, 2.75) is 45.4 Å². The molecule has 0 radical (unpaired) electrons. The molecule has 1 amide bonds. The summed E-state index contributed by atoms with van der Waals surface area (Å²) in [6.45, 7) is 5.79. The SMILES string of the molecule is C#C/C=C(Cl)\C(=C/C)c1cc(C2CCNCC2)cc2c1CCC(=O)N2c1cc(C(=O)OC)ccc1C. The molecular weight excluding hydrogens is 472 g/mol. The molecule has 0 spiro atoms. The Morgan fingerprint density at radius 3 is 2.61 bits per heavy atom. The fourth-order valence-electron chi connectivity index (χ4n) is 5.18. The predicted molar refractivity (Wildman–Crippen MR) is 146 cm³/mol. The highest BCUT2D eigenvalue weighted by Crippen LogP contribution is 2.44. The average Bonchev–Trinajstić information content (AvgIpc) is 2.89. The minimum Gasteiger partial charge on any atom is -0.465 e. The second kappa shape index (κ2) is 11.2. The van der Waals surface area contributed by atoms with Crippen LogP contribution in [0.3, 0.4) is 0 Å². The van der Waals surface area contributed by atoms with E-state index in [9.17, 15) is 9.59 Å². The Bertz CT molecular complexity index is 1300. The maximum Gasteiger partial charge on any atom is 0.337 e. The summed E-state index contributed by atoms with van der Waals surface area (Å²) < 4.78 is 4.93. The number of hydrogen-bond donors (Lipinski definition) is 1. The first-order valence-electron chi connectivity index (χ1n) is 12.3. The van der Waals surface area contributed by atoms with Crippen LogP contribution in [0.5, 0.6) is 0 Å². The van der Waals surface area contributed by atoms with E-state index in [4.69, 9.17) is 22.8 Å². The zero-order valence-corrected chi connectivity index (χ0v) is 21.7. The maximum atomic E-state index is 13.5. The van der Waals surface area contributed by atoms with Crippen LogP contribution >= 0.6 is 11.6 Å². The third kappa shape index (κ3) is 4.97. The molecule has 6 heteroatoms. The van der Waals surface area contributed by atoms with E-state index in [0.29, 0.717) is 35.0 Å². The molecule has 0 atom stereocenters. The van der Waals surface area contributed by atoms with Gasteiger partial charge in [0.25, 0.3) is 0 Å². The Balaban J connectivity index is 1.97. The van der Waals surface area contributed by atoms with Crippen LogP contribution in [0.2, 0.25) is 0 Å². The molecule has 186 valence electrons. The van der Waals surface area contributed by atoms with Gasteiger partial charge < -0.3 is 10.1 Å².